The van der Waals surface area contributed by atoms with Crippen LogP contribution in [-0.2, 0) is 10.8 Å². The Labute approximate surface area is 417 Å². The van der Waals surface area contributed by atoms with Crippen LogP contribution >= 0.6 is 0 Å². The second-order valence-corrected chi connectivity index (χ2v) is 22.3. The number of benzene rings is 10. The molecule has 0 atom stereocenters. The van der Waals surface area contributed by atoms with Gasteiger partial charge in [0.1, 0.15) is 0 Å². The molecule has 0 heterocycles. The quantitative estimate of drug-likeness (QED) is 0.126. The molecule has 0 saturated carbocycles. The summed E-state index contributed by atoms with van der Waals surface area (Å²) in [6.45, 7) is 27.6. The van der Waals surface area contributed by atoms with Crippen molar-refractivity contribution in [3.05, 3.63) is 215 Å². The molecule has 0 unspecified atom stereocenters. The summed E-state index contributed by atoms with van der Waals surface area (Å²) in [7, 11) is 0. The van der Waals surface area contributed by atoms with Gasteiger partial charge in [-0.1, -0.05) is 203 Å². The van der Waals surface area contributed by atoms with Crippen molar-refractivity contribution in [3.8, 4) is 22.3 Å². The highest BCUT2D eigenvalue weighted by Gasteiger charge is 2.27. The third-order valence-corrected chi connectivity index (χ3v) is 14.7. The Morgan fingerprint density at radius 2 is 0.657 bits per heavy atom. The van der Waals surface area contributed by atoms with Gasteiger partial charge in [0.15, 0.2) is 0 Å². The fourth-order valence-corrected chi connectivity index (χ4v) is 10.7. The van der Waals surface area contributed by atoms with Crippen LogP contribution < -0.4 is 9.80 Å². The molecule has 0 aliphatic carbocycles. The van der Waals surface area contributed by atoms with Crippen molar-refractivity contribution in [3.63, 3.8) is 0 Å². The van der Waals surface area contributed by atoms with Crippen molar-refractivity contribution in [1.29, 1.82) is 0 Å². The number of aryl methyl sites for hydroxylation is 2. The first-order chi connectivity index (χ1) is 33.5. The predicted octanol–water partition coefficient (Wildman–Crippen LogP) is 20.3. The van der Waals surface area contributed by atoms with Gasteiger partial charge in [-0.3, -0.25) is 0 Å². The number of para-hydroxylation sites is 2. The fourth-order valence-electron chi connectivity index (χ4n) is 10.7. The van der Waals surface area contributed by atoms with Crippen LogP contribution in [0.1, 0.15) is 114 Å². The molecule has 10 aromatic rings. The van der Waals surface area contributed by atoms with E-state index >= 15 is 0 Å². The van der Waals surface area contributed by atoms with Crippen molar-refractivity contribution < 1.29 is 0 Å². The van der Waals surface area contributed by atoms with Gasteiger partial charge in [0.25, 0.3) is 0 Å². The minimum absolute atomic E-state index is 0.0874. The van der Waals surface area contributed by atoms with Gasteiger partial charge in [0, 0.05) is 33.5 Å². The molecule has 2 heteroatoms. The number of anilines is 6. The second-order valence-electron chi connectivity index (χ2n) is 22.3. The smallest absolute Gasteiger partial charge is 0.0543 e. The van der Waals surface area contributed by atoms with E-state index in [-0.39, 0.29) is 22.7 Å². The van der Waals surface area contributed by atoms with E-state index in [0.29, 0.717) is 0 Å². The topological polar surface area (TPSA) is 6.48 Å². The number of hydrogen-bond acceptors (Lipinski definition) is 2. The second kappa shape index (κ2) is 18.0. The van der Waals surface area contributed by atoms with Crippen molar-refractivity contribution in [2.45, 2.75) is 106 Å². The molecule has 0 spiro atoms. The minimum atomic E-state index is 0.0874. The average Bonchev–Trinajstić information content (AvgIpc) is 3.35. The van der Waals surface area contributed by atoms with Gasteiger partial charge < -0.3 is 9.80 Å². The molecule has 0 aliphatic heterocycles. The maximum atomic E-state index is 2.53. The zero-order valence-corrected chi connectivity index (χ0v) is 43.4. The SMILES string of the molecule is Cc1ccc(-c2ccc(C(C)(C)C)cc2)cc1N(c1ccccc1)c1cc(C(C)C)c2ccc3c(N(c4ccccc4)c4cc(-c5ccc(C(C)(C)C)cc5)ccc4C)cc(C(C)C)c4ccc1c2c43. The van der Waals surface area contributed by atoms with Gasteiger partial charge in [0.05, 0.1) is 11.4 Å². The largest absolute Gasteiger partial charge is 0.310 e. The number of rotatable bonds is 10. The molecule has 0 amide bonds. The lowest BCUT2D eigenvalue weighted by Gasteiger charge is -2.32. The molecule has 70 heavy (non-hydrogen) atoms. The number of hydrogen-bond donors (Lipinski definition) is 0. The molecular weight excluding hydrogens is 845 g/mol. The molecule has 350 valence electrons. The third kappa shape index (κ3) is 8.42. The molecule has 0 saturated heterocycles. The lowest BCUT2D eigenvalue weighted by atomic mass is 9.84. The van der Waals surface area contributed by atoms with E-state index < -0.39 is 0 Å². The van der Waals surface area contributed by atoms with Crippen molar-refractivity contribution in [2.24, 2.45) is 0 Å². The van der Waals surface area contributed by atoms with E-state index in [1.807, 2.05) is 0 Å². The Morgan fingerprint density at radius 3 is 0.986 bits per heavy atom. The van der Waals surface area contributed by atoms with E-state index in [2.05, 4.69) is 275 Å². The molecule has 0 aliphatic rings. The molecule has 0 bridgehead atoms. The lowest BCUT2D eigenvalue weighted by molar-refractivity contribution is 0.590. The van der Waals surface area contributed by atoms with Gasteiger partial charge in [0.2, 0.25) is 0 Å². The summed E-state index contributed by atoms with van der Waals surface area (Å²) in [4.78, 5) is 5.06. The summed E-state index contributed by atoms with van der Waals surface area (Å²) < 4.78 is 0. The van der Waals surface area contributed by atoms with Crippen molar-refractivity contribution in [2.75, 3.05) is 9.80 Å². The van der Waals surface area contributed by atoms with E-state index in [1.165, 1.54) is 111 Å². The maximum Gasteiger partial charge on any atom is 0.0543 e. The molecule has 0 radical (unpaired) electrons. The maximum absolute atomic E-state index is 2.53. The van der Waals surface area contributed by atoms with Crippen LogP contribution in [0.5, 0.6) is 0 Å². The van der Waals surface area contributed by atoms with E-state index in [4.69, 9.17) is 0 Å². The zero-order chi connectivity index (χ0) is 49.2. The van der Waals surface area contributed by atoms with Gasteiger partial charge in [-0.15, -0.1) is 0 Å². The van der Waals surface area contributed by atoms with Crippen LogP contribution in [0.2, 0.25) is 0 Å². The summed E-state index contributed by atoms with van der Waals surface area (Å²) >= 11 is 0. The summed E-state index contributed by atoms with van der Waals surface area (Å²) in [5, 5.41) is 7.78. The van der Waals surface area contributed by atoms with E-state index in [9.17, 15) is 0 Å². The molecule has 0 aromatic heterocycles. The first kappa shape index (κ1) is 46.6. The van der Waals surface area contributed by atoms with Crippen LogP contribution in [0.3, 0.4) is 0 Å². The Kier molecular flexibility index (Phi) is 12.0. The van der Waals surface area contributed by atoms with Crippen LogP contribution in [0.4, 0.5) is 34.1 Å². The Morgan fingerprint density at radius 1 is 0.329 bits per heavy atom. The normalized spacial score (nSPS) is 12.3. The van der Waals surface area contributed by atoms with Crippen LogP contribution in [0.15, 0.2) is 182 Å². The standard InChI is InChI=1S/C68H68N2/c1-43(2)59-41-63(69(53-19-15-13-16-20-53)61-39-49(25-23-45(61)5)47-27-31-51(32-28-47)67(7,8)9)57-38-36-56-60(44(3)4)42-64(58-37-35-55(59)65(57)66(56)58)70(54-21-17-14-18-22-54)62-40-50(26-24-46(62)6)48-29-33-52(34-30-48)68(10,11)12/h13-44H,1-12H3. The van der Waals surface area contributed by atoms with Crippen molar-refractivity contribution in [1.82, 2.24) is 0 Å². The molecule has 0 N–H and O–H groups in total. The lowest BCUT2D eigenvalue weighted by Crippen LogP contribution is -2.14. The molecule has 0 fully saturated rings. The predicted molar refractivity (Wildman–Crippen MR) is 305 cm³/mol. The van der Waals surface area contributed by atoms with Gasteiger partial charge in [-0.05, 0) is 162 Å². The zero-order valence-electron chi connectivity index (χ0n) is 43.4. The summed E-state index contributed by atoms with van der Waals surface area (Å²) in [6.07, 6.45) is 0. The van der Waals surface area contributed by atoms with E-state index in [1.54, 1.807) is 0 Å². The first-order valence-electron chi connectivity index (χ1n) is 25.4. The highest BCUT2D eigenvalue weighted by molar-refractivity contribution is 6.29. The van der Waals surface area contributed by atoms with Crippen LogP contribution in [0.25, 0.3) is 54.6 Å². The average molecular weight is 913 g/mol. The summed E-state index contributed by atoms with van der Waals surface area (Å²) in [5.74, 6) is 0.560. The highest BCUT2D eigenvalue weighted by atomic mass is 15.2. The van der Waals surface area contributed by atoms with E-state index in [0.717, 1.165) is 11.4 Å². The Hall–Kier alpha value is -7.16. The fraction of sp³-hybridized carbons (Fsp3) is 0.235. The van der Waals surface area contributed by atoms with Crippen molar-refractivity contribution >= 4 is 66.4 Å². The van der Waals surface area contributed by atoms with Crippen LogP contribution in [-0.4, -0.2) is 0 Å². The molecule has 10 aromatic carbocycles. The third-order valence-electron chi connectivity index (χ3n) is 14.7. The molecule has 2 nitrogen and oxygen atoms in total. The molecule has 10 rings (SSSR count). The van der Waals surface area contributed by atoms with Gasteiger partial charge >= 0.3 is 0 Å². The van der Waals surface area contributed by atoms with Gasteiger partial charge in [-0.25, -0.2) is 0 Å². The number of nitrogens with zero attached hydrogens (tertiary/aromatic N) is 2. The molecular formula is C68H68N2. The highest BCUT2D eigenvalue weighted by Crippen LogP contribution is 2.52. The summed E-state index contributed by atoms with van der Waals surface area (Å²) in [6, 6.07) is 69.0. The monoisotopic (exact) mass is 913 g/mol. The Balaban J connectivity index is 1.25. The Bertz CT molecular complexity index is 3260. The van der Waals surface area contributed by atoms with Crippen LogP contribution in [0, 0.1) is 13.8 Å². The van der Waals surface area contributed by atoms with Gasteiger partial charge in [-0.2, -0.15) is 0 Å². The first-order valence-corrected chi connectivity index (χ1v) is 25.4. The summed E-state index contributed by atoms with van der Waals surface area (Å²) in [5.41, 5.74) is 19.9. The minimum Gasteiger partial charge on any atom is -0.310 e.